The summed E-state index contributed by atoms with van der Waals surface area (Å²) in [5.74, 6) is 1.33. The number of aromatic nitrogens is 2. The Balaban J connectivity index is 1.81. The largest absolute Gasteiger partial charge is 0.494 e. The summed E-state index contributed by atoms with van der Waals surface area (Å²) < 4.78 is 45.0. The SMILES string of the molecule is CCOc1ccc(OCC)c(S(=O)(=O)NCc2cc(C)nc(N3CCOCC3)n2)c1. The Morgan fingerprint density at radius 2 is 1.83 bits per heavy atom. The second kappa shape index (κ2) is 10.1. The molecule has 0 amide bonds. The molecule has 3 rings (SSSR count). The highest BCUT2D eigenvalue weighted by Crippen LogP contribution is 2.28. The molecule has 0 bridgehead atoms. The lowest BCUT2D eigenvalue weighted by Crippen LogP contribution is -2.37. The first kappa shape index (κ1) is 22.3. The minimum Gasteiger partial charge on any atom is -0.494 e. The second-order valence-corrected chi connectivity index (χ2v) is 8.43. The molecule has 0 spiro atoms. The quantitative estimate of drug-likeness (QED) is 0.636. The van der Waals surface area contributed by atoms with Gasteiger partial charge in [0, 0.05) is 24.8 Å². The van der Waals surface area contributed by atoms with E-state index in [1.807, 2.05) is 18.7 Å². The fourth-order valence-electron chi connectivity index (χ4n) is 3.09. The average molecular weight is 437 g/mol. The van der Waals surface area contributed by atoms with Gasteiger partial charge in [0.25, 0.3) is 0 Å². The van der Waals surface area contributed by atoms with Gasteiger partial charge in [-0.1, -0.05) is 0 Å². The van der Waals surface area contributed by atoms with Crippen LogP contribution in [0.4, 0.5) is 5.95 Å². The van der Waals surface area contributed by atoms with Crippen LogP contribution in [-0.4, -0.2) is 57.9 Å². The van der Waals surface area contributed by atoms with E-state index in [0.717, 1.165) is 5.69 Å². The Morgan fingerprint density at radius 1 is 1.10 bits per heavy atom. The average Bonchev–Trinajstić information content (AvgIpc) is 2.74. The van der Waals surface area contributed by atoms with Crippen LogP contribution in [0.5, 0.6) is 11.5 Å². The first-order valence-corrected chi connectivity index (χ1v) is 11.5. The van der Waals surface area contributed by atoms with Crippen LogP contribution in [0.1, 0.15) is 25.2 Å². The van der Waals surface area contributed by atoms with Crippen molar-refractivity contribution in [3.63, 3.8) is 0 Å². The number of benzene rings is 1. The lowest BCUT2D eigenvalue weighted by atomic mass is 10.3. The molecule has 0 saturated carbocycles. The fraction of sp³-hybridized carbons (Fsp3) is 0.500. The number of morpholine rings is 1. The van der Waals surface area contributed by atoms with E-state index in [1.54, 1.807) is 25.1 Å². The van der Waals surface area contributed by atoms with Gasteiger partial charge in [0.1, 0.15) is 16.4 Å². The number of nitrogens with zero attached hydrogens (tertiary/aromatic N) is 3. The van der Waals surface area contributed by atoms with Crippen molar-refractivity contribution in [2.45, 2.75) is 32.2 Å². The summed E-state index contributed by atoms with van der Waals surface area (Å²) in [6, 6.07) is 6.54. The van der Waals surface area contributed by atoms with Gasteiger partial charge < -0.3 is 19.1 Å². The molecule has 1 saturated heterocycles. The Labute approximate surface area is 177 Å². The molecule has 30 heavy (non-hydrogen) atoms. The van der Waals surface area contributed by atoms with Crippen LogP contribution in [-0.2, 0) is 21.3 Å². The van der Waals surface area contributed by atoms with E-state index in [4.69, 9.17) is 14.2 Å². The molecule has 1 N–H and O–H groups in total. The van der Waals surface area contributed by atoms with Crippen molar-refractivity contribution >= 4 is 16.0 Å². The smallest absolute Gasteiger partial charge is 0.244 e. The second-order valence-electron chi connectivity index (χ2n) is 6.70. The number of anilines is 1. The molecule has 1 aliphatic heterocycles. The molecule has 10 heteroatoms. The van der Waals surface area contributed by atoms with Gasteiger partial charge in [0.2, 0.25) is 16.0 Å². The van der Waals surface area contributed by atoms with Gasteiger partial charge in [-0.05, 0) is 39.0 Å². The maximum Gasteiger partial charge on any atom is 0.244 e. The third-order valence-corrected chi connectivity index (χ3v) is 5.87. The van der Waals surface area contributed by atoms with Crippen molar-refractivity contribution in [2.75, 3.05) is 44.4 Å². The van der Waals surface area contributed by atoms with Crippen LogP contribution in [0, 0.1) is 6.92 Å². The van der Waals surface area contributed by atoms with Crippen LogP contribution in [0.3, 0.4) is 0 Å². The van der Waals surface area contributed by atoms with Gasteiger partial charge in [0.15, 0.2) is 0 Å². The predicted octanol–water partition coefficient (Wildman–Crippen LogP) is 1.90. The lowest BCUT2D eigenvalue weighted by Gasteiger charge is -2.27. The zero-order valence-corrected chi connectivity index (χ0v) is 18.4. The highest BCUT2D eigenvalue weighted by molar-refractivity contribution is 7.89. The Hall–Kier alpha value is -2.43. The number of rotatable bonds is 9. The standard InChI is InChI=1S/C20H28N4O5S/c1-4-28-17-6-7-18(29-5-2)19(13-17)30(25,26)21-14-16-12-15(3)22-20(23-16)24-8-10-27-11-9-24/h6-7,12-13,21H,4-5,8-11,14H2,1-3H3. The Morgan fingerprint density at radius 3 is 2.53 bits per heavy atom. The predicted molar refractivity (Wildman–Crippen MR) is 113 cm³/mol. The van der Waals surface area contributed by atoms with E-state index in [-0.39, 0.29) is 17.2 Å². The van der Waals surface area contributed by atoms with Crippen LogP contribution in [0.2, 0.25) is 0 Å². The molecule has 1 aromatic heterocycles. The van der Waals surface area contributed by atoms with Gasteiger partial charge in [-0.3, -0.25) is 0 Å². The zero-order chi connectivity index (χ0) is 21.6. The van der Waals surface area contributed by atoms with Gasteiger partial charge in [-0.15, -0.1) is 0 Å². The molecular formula is C20H28N4O5S. The molecule has 2 aromatic rings. The topological polar surface area (TPSA) is 103 Å². The maximum absolute atomic E-state index is 13.0. The molecule has 0 unspecified atom stereocenters. The van der Waals surface area contributed by atoms with Gasteiger partial charge in [-0.25, -0.2) is 23.1 Å². The van der Waals surface area contributed by atoms with Crippen LogP contribution in [0.25, 0.3) is 0 Å². The third kappa shape index (κ3) is 5.59. The van der Waals surface area contributed by atoms with Crippen molar-refractivity contribution in [3.05, 3.63) is 35.7 Å². The summed E-state index contributed by atoms with van der Waals surface area (Å²) in [6.07, 6.45) is 0. The minimum absolute atomic E-state index is 0.0352. The van der Waals surface area contributed by atoms with Gasteiger partial charge in [0.05, 0.1) is 38.7 Å². The zero-order valence-electron chi connectivity index (χ0n) is 17.6. The molecule has 164 valence electrons. The molecular weight excluding hydrogens is 408 g/mol. The number of hydrogen-bond donors (Lipinski definition) is 1. The fourth-order valence-corrected chi connectivity index (χ4v) is 4.25. The van der Waals surface area contributed by atoms with E-state index in [9.17, 15) is 8.42 Å². The van der Waals surface area contributed by atoms with Crippen molar-refractivity contribution in [3.8, 4) is 11.5 Å². The molecule has 2 heterocycles. The molecule has 0 aliphatic carbocycles. The first-order valence-electron chi connectivity index (χ1n) is 9.99. The van der Waals surface area contributed by atoms with Crippen LogP contribution < -0.4 is 19.1 Å². The summed E-state index contributed by atoms with van der Waals surface area (Å²) in [5.41, 5.74) is 1.36. The summed E-state index contributed by atoms with van der Waals surface area (Å²) >= 11 is 0. The molecule has 0 radical (unpaired) electrons. The monoisotopic (exact) mass is 436 g/mol. The lowest BCUT2D eigenvalue weighted by molar-refractivity contribution is 0.122. The number of aryl methyl sites for hydroxylation is 1. The Kier molecular flexibility index (Phi) is 7.46. The maximum atomic E-state index is 13.0. The molecule has 1 fully saturated rings. The number of ether oxygens (including phenoxy) is 3. The molecule has 9 nitrogen and oxygen atoms in total. The highest BCUT2D eigenvalue weighted by atomic mass is 32.2. The first-order chi connectivity index (χ1) is 14.4. The van der Waals surface area contributed by atoms with Gasteiger partial charge in [-0.2, -0.15) is 0 Å². The van der Waals surface area contributed by atoms with E-state index in [0.29, 0.717) is 56.9 Å². The van der Waals surface area contributed by atoms with E-state index in [2.05, 4.69) is 14.7 Å². The highest BCUT2D eigenvalue weighted by Gasteiger charge is 2.22. The summed E-state index contributed by atoms with van der Waals surface area (Å²) in [5, 5.41) is 0. The summed E-state index contributed by atoms with van der Waals surface area (Å²) in [4.78, 5) is 11.1. The number of nitrogens with one attached hydrogen (secondary N) is 1. The van der Waals surface area contributed by atoms with E-state index in [1.165, 1.54) is 6.07 Å². The molecule has 0 atom stereocenters. The minimum atomic E-state index is -3.85. The molecule has 1 aliphatic rings. The van der Waals surface area contributed by atoms with Crippen molar-refractivity contribution in [1.82, 2.24) is 14.7 Å². The van der Waals surface area contributed by atoms with Crippen molar-refractivity contribution in [1.29, 1.82) is 0 Å². The Bertz CT molecular complexity index is 962. The third-order valence-electron chi connectivity index (χ3n) is 4.45. The van der Waals surface area contributed by atoms with E-state index >= 15 is 0 Å². The number of hydrogen-bond acceptors (Lipinski definition) is 8. The normalized spacial score (nSPS) is 14.6. The van der Waals surface area contributed by atoms with Crippen LogP contribution >= 0.6 is 0 Å². The van der Waals surface area contributed by atoms with Crippen molar-refractivity contribution in [2.24, 2.45) is 0 Å². The number of sulfonamides is 1. The molecule has 1 aromatic carbocycles. The van der Waals surface area contributed by atoms with Crippen molar-refractivity contribution < 1.29 is 22.6 Å². The van der Waals surface area contributed by atoms with E-state index < -0.39 is 10.0 Å². The summed E-state index contributed by atoms with van der Waals surface area (Å²) in [7, 11) is -3.85. The van der Waals surface area contributed by atoms with Gasteiger partial charge >= 0.3 is 0 Å². The summed E-state index contributed by atoms with van der Waals surface area (Å²) in [6.45, 7) is 8.98. The van der Waals surface area contributed by atoms with Crippen LogP contribution in [0.15, 0.2) is 29.2 Å².